The monoisotopic (exact) mass is 222 g/mol. The van der Waals surface area contributed by atoms with Crippen LogP contribution in [0.4, 0.5) is 0 Å². The standard InChI is InChI=1S/C11H14N2OS/c1-2-8-3-5-9(6-4-8)7-13-11(14)10(12)15/h3-6H,2,7H2,1H3,(H2,12,15)(H,13,14). The number of carbonyl (C=O) groups is 1. The van der Waals surface area contributed by atoms with Crippen molar-refractivity contribution in [2.75, 3.05) is 0 Å². The molecule has 1 rings (SSSR count). The summed E-state index contributed by atoms with van der Waals surface area (Å²) in [6, 6.07) is 8.06. The molecule has 4 heteroatoms. The van der Waals surface area contributed by atoms with E-state index in [1.807, 2.05) is 24.3 Å². The first-order chi connectivity index (χ1) is 7.13. The van der Waals surface area contributed by atoms with Gasteiger partial charge in [0, 0.05) is 6.54 Å². The van der Waals surface area contributed by atoms with Crippen molar-refractivity contribution in [1.82, 2.24) is 5.32 Å². The Hall–Kier alpha value is -1.42. The summed E-state index contributed by atoms with van der Waals surface area (Å²) in [6.07, 6.45) is 1.01. The van der Waals surface area contributed by atoms with Crippen molar-refractivity contribution in [2.24, 2.45) is 5.73 Å². The minimum absolute atomic E-state index is 0.125. The number of carbonyl (C=O) groups excluding carboxylic acids is 1. The number of nitrogens with two attached hydrogens (primary N) is 1. The number of benzene rings is 1. The van der Waals surface area contributed by atoms with Crippen molar-refractivity contribution in [3.8, 4) is 0 Å². The van der Waals surface area contributed by atoms with Crippen LogP contribution in [0.25, 0.3) is 0 Å². The maximum atomic E-state index is 11.1. The average Bonchev–Trinajstić information content (AvgIpc) is 2.26. The molecule has 0 bridgehead atoms. The molecule has 0 fully saturated rings. The lowest BCUT2D eigenvalue weighted by atomic mass is 10.1. The molecule has 1 aromatic rings. The van der Waals surface area contributed by atoms with Gasteiger partial charge in [0.05, 0.1) is 0 Å². The number of hydrogen-bond acceptors (Lipinski definition) is 2. The maximum absolute atomic E-state index is 11.1. The molecule has 3 N–H and O–H groups in total. The average molecular weight is 222 g/mol. The topological polar surface area (TPSA) is 55.1 Å². The van der Waals surface area contributed by atoms with Crippen molar-refractivity contribution in [3.63, 3.8) is 0 Å². The molecule has 0 saturated heterocycles. The number of amides is 1. The van der Waals surface area contributed by atoms with Gasteiger partial charge in [-0.05, 0) is 17.5 Å². The second-order valence-corrected chi connectivity index (χ2v) is 3.66. The summed E-state index contributed by atoms with van der Waals surface area (Å²) in [6.45, 7) is 2.56. The molecule has 3 nitrogen and oxygen atoms in total. The predicted octanol–water partition coefficient (Wildman–Crippen LogP) is 1.15. The number of rotatable bonds is 3. The Morgan fingerprint density at radius 3 is 2.33 bits per heavy atom. The molecule has 0 aliphatic carbocycles. The van der Waals surface area contributed by atoms with Gasteiger partial charge in [-0.1, -0.05) is 43.4 Å². The largest absolute Gasteiger partial charge is 0.385 e. The normalized spacial score (nSPS) is 9.67. The Morgan fingerprint density at radius 2 is 1.87 bits per heavy atom. The van der Waals surface area contributed by atoms with E-state index in [4.69, 9.17) is 5.73 Å². The van der Waals surface area contributed by atoms with E-state index in [0.717, 1.165) is 12.0 Å². The lowest BCUT2D eigenvalue weighted by Gasteiger charge is -2.04. The molecule has 0 atom stereocenters. The van der Waals surface area contributed by atoms with Crippen LogP contribution in [0.15, 0.2) is 24.3 Å². The summed E-state index contributed by atoms with van der Waals surface area (Å²) in [5.74, 6) is -0.385. The quantitative estimate of drug-likeness (QED) is 0.754. The molecule has 15 heavy (non-hydrogen) atoms. The first kappa shape index (κ1) is 11.7. The lowest BCUT2D eigenvalue weighted by molar-refractivity contribution is -0.114. The van der Waals surface area contributed by atoms with Gasteiger partial charge >= 0.3 is 0 Å². The van der Waals surface area contributed by atoms with E-state index >= 15 is 0 Å². The van der Waals surface area contributed by atoms with Gasteiger partial charge in [0.2, 0.25) is 0 Å². The van der Waals surface area contributed by atoms with E-state index in [9.17, 15) is 4.79 Å². The maximum Gasteiger partial charge on any atom is 0.278 e. The predicted molar refractivity (Wildman–Crippen MR) is 64.5 cm³/mol. The second-order valence-electron chi connectivity index (χ2n) is 3.22. The van der Waals surface area contributed by atoms with E-state index in [0.29, 0.717) is 6.54 Å². The minimum atomic E-state index is -0.385. The van der Waals surface area contributed by atoms with E-state index in [1.165, 1.54) is 5.56 Å². The zero-order valence-electron chi connectivity index (χ0n) is 8.62. The van der Waals surface area contributed by atoms with Gasteiger partial charge < -0.3 is 11.1 Å². The molecule has 1 aromatic carbocycles. The van der Waals surface area contributed by atoms with Crippen LogP contribution in [0, 0.1) is 0 Å². The number of thiocarbonyl (C=S) groups is 1. The summed E-state index contributed by atoms with van der Waals surface area (Å²) in [5.41, 5.74) is 7.48. The molecular weight excluding hydrogens is 208 g/mol. The lowest BCUT2D eigenvalue weighted by Crippen LogP contribution is -2.34. The van der Waals surface area contributed by atoms with Crippen molar-refractivity contribution in [1.29, 1.82) is 0 Å². The Balaban J connectivity index is 2.51. The van der Waals surface area contributed by atoms with E-state index in [2.05, 4.69) is 24.5 Å². The Bertz CT molecular complexity index is 359. The molecule has 0 spiro atoms. The van der Waals surface area contributed by atoms with E-state index < -0.39 is 0 Å². The number of hydrogen-bond donors (Lipinski definition) is 2. The van der Waals surface area contributed by atoms with Crippen LogP contribution in [-0.2, 0) is 17.8 Å². The summed E-state index contributed by atoms with van der Waals surface area (Å²) >= 11 is 4.54. The Morgan fingerprint density at radius 1 is 1.33 bits per heavy atom. The van der Waals surface area contributed by atoms with Gasteiger partial charge in [0.25, 0.3) is 5.91 Å². The fraction of sp³-hybridized carbons (Fsp3) is 0.273. The zero-order valence-corrected chi connectivity index (χ0v) is 9.43. The third-order valence-electron chi connectivity index (χ3n) is 2.11. The van der Waals surface area contributed by atoms with Crippen molar-refractivity contribution < 1.29 is 4.79 Å². The fourth-order valence-electron chi connectivity index (χ4n) is 1.16. The van der Waals surface area contributed by atoms with Gasteiger partial charge in [-0.3, -0.25) is 4.79 Å². The number of aryl methyl sites for hydroxylation is 1. The fourth-order valence-corrected chi connectivity index (χ4v) is 1.23. The second kappa shape index (κ2) is 5.46. The van der Waals surface area contributed by atoms with Crippen LogP contribution in [0.2, 0.25) is 0 Å². The summed E-state index contributed by atoms with van der Waals surface area (Å²) < 4.78 is 0. The van der Waals surface area contributed by atoms with Crippen LogP contribution >= 0.6 is 12.2 Å². The third kappa shape index (κ3) is 3.67. The smallest absolute Gasteiger partial charge is 0.278 e. The molecule has 0 saturated carbocycles. The molecule has 0 aliphatic heterocycles. The SMILES string of the molecule is CCc1ccc(CNC(=O)C(N)=S)cc1. The number of nitrogens with one attached hydrogen (secondary N) is 1. The first-order valence-electron chi connectivity index (χ1n) is 4.79. The molecule has 0 heterocycles. The van der Waals surface area contributed by atoms with Gasteiger partial charge in [-0.2, -0.15) is 0 Å². The molecule has 1 amide bonds. The summed E-state index contributed by atoms with van der Waals surface area (Å²) in [5, 5.41) is 2.63. The Labute approximate surface area is 94.7 Å². The van der Waals surface area contributed by atoms with Gasteiger partial charge in [-0.15, -0.1) is 0 Å². The van der Waals surface area contributed by atoms with Crippen molar-refractivity contribution in [2.45, 2.75) is 19.9 Å². The zero-order chi connectivity index (χ0) is 11.3. The molecule has 0 unspecified atom stereocenters. The van der Waals surface area contributed by atoms with Crippen LogP contribution in [0.1, 0.15) is 18.1 Å². The molecular formula is C11H14N2OS. The highest BCUT2D eigenvalue weighted by atomic mass is 32.1. The summed E-state index contributed by atoms with van der Waals surface area (Å²) in [4.78, 5) is 10.9. The first-order valence-corrected chi connectivity index (χ1v) is 5.19. The molecule has 80 valence electrons. The third-order valence-corrected chi connectivity index (χ3v) is 2.29. The van der Waals surface area contributed by atoms with Crippen LogP contribution in [0.5, 0.6) is 0 Å². The van der Waals surface area contributed by atoms with Gasteiger partial charge in [-0.25, -0.2) is 0 Å². The van der Waals surface area contributed by atoms with Crippen molar-refractivity contribution in [3.05, 3.63) is 35.4 Å². The molecule has 0 radical (unpaired) electrons. The molecule has 0 aliphatic rings. The van der Waals surface area contributed by atoms with Crippen molar-refractivity contribution >= 4 is 23.1 Å². The minimum Gasteiger partial charge on any atom is -0.385 e. The van der Waals surface area contributed by atoms with Gasteiger partial charge in [0.1, 0.15) is 0 Å². The molecule has 0 aromatic heterocycles. The van der Waals surface area contributed by atoms with E-state index in [-0.39, 0.29) is 10.9 Å². The highest BCUT2D eigenvalue weighted by Gasteiger charge is 2.03. The Kier molecular flexibility index (Phi) is 4.24. The highest BCUT2D eigenvalue weighted by molar-refractivity contribution is 7.81. The van der Waals surface area contributed by atoms with Crippen LogP contribution in [0.3, 0.4) is 0 Å². The van der Waals surface area contributed by atoms with E-state index in [1.54, 1.807) is 0 Å². The summed E-state index contributed by atoms with van der Waals surface area (Å²) in [7, 11) is 0. The van der Waals surface area contributed by atoms with Crippen LogP contribution < -0.4 is 11.1 Å². The van der Waals surface area contributed by atoms with Gasteiger partial charge in [0.15, 0.2) is 4.99 Å². The van der Waals surface area contributed by atoms with Crippen LogP contribution in [-0.4, -0.2) is 10.9 Å². The highest BCUT2D eigenvalue weighted by Crippen LogP contribution is 2.04.